The smallest absolute Gasteiger partial charge is 0.254 e. The molecule has 1 atom stereocenters. The molecule has 23 heavy (non-hydrogen) atoms. The Bertz CT molecular complexity index is 642. The van der Waals surface area contributed by atoms with Crippen LogP contribution in [0.2, 0.25) is 0 Å². The molecule has 2 aliphatic heterocycles. The SMILES string of the molecule is Cc1ccc(C(=O)N2CCC[C@@]3(CCCC(=O)N3C)C2)cc1F. The Balaban J connectivity index is 1.81. The molecule has 2 fully saturated rings. The average Bonchev–Trinajstić information content (AvgIpc) is 2.55. The molecule has 3 rings (SSSR count). The van der Waals surface area contributed by atoms with Crippen molar-refractivity contribution in [3.8, 4) is 0 Å². The summed E-state index contributed by atoms with van der Waals surface area (Å²) in [4.78, 5) is 28.4. The molecule has 124 valence electrons. The largest absolute Gasteiger partial charge is 0.338 e. The van der Waals surface area contributed by atoms with Gasteiger partial charge in [0, 0.05) is 32.1 Å². The molecule has 0 N–H and O–H groups in total. The molecule has 2 aliphatic rings. The number of hydrogen-bond donors (Lipinski definition) is 0. The Morgan fingerprint density at radius 2 is 2.00 bits per heavy atom. The van der Waals surface area contributed by atoms with Gasteiger partial charge in [-0.2, -0.15) is 0 Å². The molecule has 4 nitrogen and oxygen atoms in total. The maximum Gasteiger partial charge on any atom is 0.254 e. The van der Waals surface area contributed by atoms with Gasteiger partial charge in [0.2, 0.25) is 5.91 Å². The lowest BCUT2D eigenvalue weighted by molar-refractivity contribution is -0.142. The van der Waals surface area contributed by atoms with Crippen molar-refractivity contribution in [2.24, 2.45) is 0 Å². The molecular weight excluding hydrogens is 295 g/mol. The van der Waals surface area contributed by atoms with Gasteiger partial charge in [-0.15, -0.1) is 0 Å². The van der Waals surface area contributed by atoms with Crippen molar-refractivity contribution in [1.29, 1.82) is 0 Å². The van der Waals surface area contributed by atoms with E-state index in [9.17, 15) is 14.0 Å². The Kier molecular flexibility index (Phi) is 4.13. The van der Waals surface area contributed by atoms with Gasteiger partial charge in [-0.3, -0.25) is 9.59 Å². The summed E-state index contributed by atoms with van der Waals surface area (Å²) < 4.78 is 13.7. The number of halogens is 1. The van der Waals surface area contributed by atoms with Gasteiger partial charge in [-0.25, -0.2) is 4.39 Å². The first-order valence-electron chi connectivity index (χ1n) is 8.25. The highest BCUT2D eigenvalue weighted by atomic mass is 19.1. The minimum absolute atomic E-state index is 0.144. The molecule has 0 radical (unpaired) electrons. The summed E-state index contributed by atoms with van der Waals surface area (Å²) in [5.74, 6) is -0.339. The highest BCUT2D eigenvalue weighted by Gasteiger charge is 2.44. The fourth-order valence-corrected chi connectivity index (χ4v) is 3.84. The number of rotatable bonds is 1. The summed E-state index contributed by atoms with van der Waals surface area (Å²) in [6.07, 6.45) is 4.21. The minimum atomic E-state index is -0.354. The zero-order valence-corrected chi connectivity index (χ0v) is 13.8. The van der Waals surface area contributed by atoms with E-state index in [0.29, 0.717) is 30.6 Å². The summed E-state index contributed by atoms with van der Waals surface area (Å²) in [6, 6.07) is 4.63. The molecule has 2 heterocycles. The van der Waals surface area contributed by atoms with Gasteiger partial charge in [0.25, 0.3) is 5.91 Å². The topological polar surface area (TPSA) is 40.6 Å². The molecule has 5 heteroatoms. The van der Waals surface area contributed by atoms with Crippen LogP contribution in [0.3, 0.4) is 0 Å². The number of carbonyl (C=O) groups is 2. The van der Waals surface area contributed by atoms with Crippen molar-refractivity contribution in [2.45, 2.75) is 44.6 Å². The van der Waals surface area contributed by atoms with E-state index in [2.05, 4.69) is 0 Å². The van der Waals surface area contributed by atoms with Crippen molar-refractivity contribution in [1.82, 2.24) is 9.80 Å². The van der Waals surface area contributed by atoms with Crippen LogP contribution in [-0.4, -0.2) is 47.3 Å². The van der Waals surface area contributed by atoms with E-state index in [1.807, 2.05) is 11.9 Å². The third-order valence-corrected chi connectivity index (χ3v) is 5.38. The van der Waals surface area contributed by atoms with Crippen molar-refractivity contribution < 1.29 is 14.0 Å². The number of amides is 2. The monoisotopic (exact) mass is 318 g/mol. The molecule has 0 saturated carbocycles. The van der Waals surface area contributed by atoms with Crippen LogP contribution in [0.1, 0.15) is 48.0 Å². The van der Waals surface area contributed by atoms with Crippen molar-refractivity contribution in [3.63, 3.8) is 0 Å². The first-order chi connectivity index (χ1) is 10.9. The van der Waals surface area contributed by atoms with E-state index < -0.39 is 0 Å². The van der Waals surface area contributed by atoms with Crippen molar-refractivity contribution >= 4 is 11.8 Å². The summed E-state index contributed by atoms with van der Waals surface area (Å²) in [7, 11) is 1.85. The van der Waals surface area contributed by atoms with Gasteiger partial charge in [0.1, 0.15) is 5.82 Å². The number of benzene rings is 1. The van der Waals surface area contributed by atoms with E-state index in [4.69, 9.17) is 0 Å². The zero-order valence-electron chi connectivity index (χ0n) is 13.8. The summed E-state index contributed by atoms with van der Waals surface area (Å²) in [6.45, 7) is 2.89. The molecular formula is C18H23FN2O2. The lowest BCUT2D eigenvalue weighted by Crippen LogP contribution is -2.61. The van der Waals surface area contributed by atoms with Crippen LogP contribution in [0.25, 0.3) is 0 Å². The molecule has 1 spiro atoms. The second kappa shape index (κ2) is 5.95. The van der Waals surface area contributed by atoms with E-state index in [-0.39, 0.29) is 23.2 Å². The molecule has 0 unspecified atom stereocenters. The lowest BCUT2D eigenvalue weighted by atomic mass is 9.80. The first-order valence-corrected chi connectivity index (χ1v) is 8.25. The summed E-state index contributed by atoms with van der Waals surface area (Å²) in [5.41, 5.74) is 0.677. The molecule has 0 bridgehead atoms. The second-order valence-corrected chi connectivity index (χ2v) is 6.82. The van der Waals surface area contributed by atoms with Gasteiger partial charge in [0.05, 0.1) is 5.54 Å². The summed E-state index contributed by atoms with van der Waals surface area (Å²) >= 11 is 0. The predicted molar refractivity (Wildman–Crippen MR) is 85.6 cm³/mol. The standard InChI is InChI=1S/C18H23FN2O2/c1-13-6-7-14(11-15(13)19)17(23)21-10-4-9-18(12-21)8-3-5-16(22)20(18)2/h6-7,11H,3-5,8-10,12H2,1-2H3/t18-/m0/s1. The number of aryl methyl sites for hydroxylation is 1. The highest BCUT2D eigenvalue weighted by Crippen LogP contribution is 2.36. The third kappa shape index (κ3) is 2.84. The molecule has 2 amide bonds. The van der Waals surface area contributed by atoms with Gasteiger partial charge in [-0.05, 0) is 50.3 Å². The van der Waals surface area contributed by atoms with Crippen LogP contribution < -0.4 is 0 Å². The molecule has 2 saturated heterocycles. The fourth-order valence-electron chi connectivity index (χ4n) is 3.84. The van der Waals surface area contributed by atoms with E-state index >= 15 is 0 Å². The normalized spacial score (nSPS) is 25.1. The number of likely N-dealkylation sites (N-methyl/N-ethyl adjacent to an activating group) is 1. The molecule has 0 aromatic heterocycles. The minimum Gasteiger partial charge on any atom is -0.338 e. The van der Waals surface area contributed by atoms with Crippen molar-refractivity contribution in [3.05, 3.63) is 35.1 Å². The van der Waals surface area contributed by atoms with E-state index in [0.717, 1.165) is 25.7 Å². The van der Waals surface area contributed by atoms with Crippen LogP contribution in [0.5, 0.6) is 0 Å². The zero-order chi connectivity index (χ0) is 16.6. The Labute approximate surface area is 136 Å². The van der Waals surface area contributed by atoms with Crippen LogP contribution in [0.15, 0.2) is 18.2 Å². The van der Waals surface area contributed by atoms with Crippen molar-refractivity contribution in [2.75, 3.05) is 20.1 Å². The molecule has 1 aromatic rings. The third-order valence-electron chi connectivity index (χ3n) is 5.38. The van der Waals surface area contributed by atoms with Crippen LogP contribution >= 0.6 is 0 Å². The maximum atomic E-state index is 13.7. The number of hydrogen-bond acceptors (Lipinski definition) is 2. The summed E-state index contributed by atoms with van der Waals surface area (Å²) in [5, 5.41) is 0. The van der Waals surface area contributed by atoms with Crippen LogP contribution in [0, 0.1) is 12.7 Å². The van der Waals surface area contributed by atoms with E-state index in [1.54, 1.807) is 24.0 Å². The fraction of sp³-hybridized carbons (Fsp3) is 0.556. The van der Waals surface area contributed by atoms with Gasteiger partial charge >= 0.3 is 0 Å². The highest BCUT2D eigenvalue weighted by molar-refractivity contribution is 5.94. The molecule has 0 aliphatic carbocycles. The number of carbonyl (C=O) groups excluding carboxylic acids is 2. The number of piperidine rings is 2. The predicted octanol–water partition coefficient (Wildman–Crippen LogP) is 2.75. The van der Waals surface area contributed by atoms with Crippen LogP contribution in [0.4, 0.5) is 4.39 Å². The molecule has 1 aromatic carbocycles. The Hall–Kier alpha value is -1.91. The number of likely N-dealkylation sites (tertiary alicyclic amines) is 2. The average molecular weight is 318 g/mol. The van der Waals surface area contributed by atoms with Crippen LogP contribution in [-0.2, 0) is 4.79 Å². The Morgan fingerprint density at radius 3 is 2.74 bits per heavy atom. The van der Waals surface area contributed by atoms with E-state index in [1.165, 1.54) is 6.07 Å². The Morgan fingerprint density at radius 1 is 1.26 bits per heavy atom. The lowest BCUT2D eigenvalue weighted by Gasteiger charge is -2.50. The first kappa shape index (κ1) is 16.0. The maximum absolute atomic E-state index is 13.7. The second-order valence-electron chi connectivity index (χ2n) is 6.82. The quantitative estimate of drug-likeness (QED) is 0.799. The van der Waals surface area contributed by atoms with Gasteiger partial charge < -0.3 is 9.80 Å². The van der Waals surface area contributed by atoms with Gasteiger partial charge in [-0.1, -0.05) is 6.07 Å². The van der Waals surface area contributed by atoms with Gasteiger partial charge in [0.15, 0.2) is 0 Å². The number of nitrogens with zero attached hydrogens (tertiary/aromatic N) is 2.